The predicted octanol–water partition coefficient (Wildman–Crippen LogP) is 5.16. The van der Waals surface area contributed by atoms with Crippen molar-refractivity contribution in [2.75, 3.05) is 12.4 Å². The van der Waals surface area contributed by atoms with E-state index in [0.29, 0.717) is 17.7 Å². The van der Waals surface area contributed by atoms with Crippen molar-refractivity contribution in [3.05, 3.63) is 63.7 Å². The highest BCUT2D eigenvalue weighted by molar-refractivity contribution is 6.02. The van der Waals surface area contributed by atoms with Crippen LogP contribution in [0.25, 0.3) is 0 Å². The predicted molar refractivity (Wildman–Crippen MR) is 117 cm³/mol. The molecule has 7 heteroatoms. The van der Waals surface area contributed by atoms with Gasteiger partial charge in [0.15, 0.2) is 5.78 Å². The molecule has 0 aromatic heterocycles. The summed E-state index contributed by atoms with van der Waals surface area (Å²) in [6, 6.07) is 12.3. The van der Waals surface area contributed by atoms with Crippen LogP contribution in [0, 0.1) is 21.4 Å². The first kappa shape index (κ1) is 21.0. The monoisotopic (exact) mass is 422 g/mol. The van der Waals surface area contributed by atoms with Crippen LogP contribution in [0.5, 0.6) is 0 Å². The average Bonchev–Trinajstić information content (AvgIpc) is 2.75. The fraction of sp³-hybridized carbons (Fsp3) is 0.417. The van der Waals surface area contributed by atoms with Gasteiger partial charge in [0, 0.05) is 23.7 Å². The zero-order valence-corrected chi connectivity index (χ0v) is 17.9. The highest BCUT2D eigenvalue weighted by atomic mass is 16.6. The minimum Gasteiger partial charge on any atom is -0.469 e. The second kappa shape index (κ2) is 7.48. The molecule has 1 fully saturated rings. The van der Waals surface area contributed by atoms with Crippen molar-refractivity contribution in [1.29, 1.82) is 0 Å². The van der Waals surface area contributed by atoms with E-state index in [1.54, 1.807) is 6.07 Å². The lowest BCUT2D eigenvalue weighted by atomic mass is 9.49. The van der Waals surface area contributed by atoms with Crippen LogP contribution in [0.4, 0.5) is 17.1 Å². The molecule has 0 aliphatic heterocycles. The van der Waals surface area contributed by atoms with Gasteiger partial charge in [-0.25, -0.2) is 0 Å². The standard InChI is InChI=1S/C24H26N2O5/c1-23-10-7-11-24(2,22(28)31-3)21(23)14-20(27)16-12-19(26(29)30)18(13-17(16)23)25-15-8-5-4-6-9-15/h4-6,8-9,12-13,21,25H,7,10-11,14H2,1-3H3/t21-,23-,24-/m1/s1. The third-order valence-corrected chi connectivity index (χ3v) is 7.27. The molecule has 0 heterocycles. The maximum Gasteiger partial charge on any atom is 0.311 e. The van der Waals surface area contributed by atoms with Gasteiger partial charge < -0.3 is 10.1 Å². The Hall–Kier alpha value is -3.22. The number of fused-ring (bicyclic) bond motifs is 3. The number of hydrogen-bond donors (Lipinski definition) is 1. The van der Waals surface area contributed by atoms with Crippen LogP contribution in [0.2, 0.25) is 0 Å². The average molecular weight is 422 g/mol. The quantitative estimate of drug-likeness (QED) is 0.415. The number of para-hydroxylation sites is 1. The number of nitrogens with zero attached hydrogens (tertiary/aromatic N) is 1. The Morgan fingerprint density at radius 2 is 1.90 bits per heavy atom. The number of methoxy groups -OCH3 is 1. The Morgan fingerprint density at radius 1 is 1.19 bits per heavy atom. The molecule has 7 nitrogen and oxygen atoms in total. The second-order valence-corrected chi connectivity index (χ2v) is 9.02. The number of rotatable bonds is 4. The first-order chi connectivity index (χ1) is 14.7. The zero-order chi connectivity index (χ0) is 22.4. The molecular weight excluding hydrogens is 396 g/mol. The van der Waals surface area contributed by atoms with E-state index in [4.69, 9.17) is 4.74 Å². The lowest BCUT2D eigenvalue weighted by Gasteiger charge is -2.53. The number of nitro benzene ring substituents is 1. The van der Waals surface area contributed by atoms with E-state index < -0.39 is 15.8 Å². The molecule has 2 aliphatic carbocycles. The molecule has 162 valence electrons. The van der Waals surface area contributed by atoms with Crippen LogP contribution >= 0.6 is 0 Å². The van der Waals surface area contributed by atoms with Crippen LogP contribution in [0.3, 0.4) is 0 Å². The molecule has 2 aliphatic rings. The van der Waals surface area contributed by atoms with Crippen LogP contribution in [-0.4, -0.2) is 23.8 Å². The van der Waals surface area contributed by atoms with Gasteiger partial charge in [-0.15, -0.1) is 0 Å². The number of ether oxygens (including phenoxy) is 1. The van der Waals surface area contributed by atoms with Crippen LogP contribution in [0.15, 0.2) is 42.5 Å². The Bertz CT molecular complexity index is 1070. The lowest BCUT2D eigenvalue weighted by molar-refractivity contribution is -0.384. The second-order valence-electron chi connectivity index (χ2n) is 9.02. The fourth-order valence-electron chi connectivity index (χ4n) is 5.64. The van der Waals surface area contributed by atoms with Crippen LogP contribution < -0.4 is 5.32 Å². The van der Waals surface area contributed by atoms with E-state index in [1.807, 2.05) is 37.3 Å². The summed E-state index contributed by atoms with van der Waals surface area (Å²) in [7, 11) is 1.38. The number of carbonyl (C=O) groups excluding carboxylic acids is 2. The van der Waals surface area contributed by atoms with E-state index in [-0.39, 0.29) is 29.8 Å². The minimum atomic E-state index is -0.774. The number of Topliss-reactive ketones (excluding diaryl/α,β-unsaturated/α-hetero) is 1. The first-order valence-electron chi connectivity index (χ1n) is 10.5. The maximum absolute atomic E-state index is 13.1. The molecule has 1 N–H and O–H groups in total. The topological polar surface area (TPSA) is 98.5 Å². The number of anilines is 2. The van der Waals surface area contributed by atoms with Gasteiger partial charge in [0.1, 0.15) is 5.69 Å². The Balaban J connectivity index is 1.88. The molecule has 0 bridgehead atoms. The molecule has 0 radical (unpaired) electrons. The molecule has 0 unspecified atom stereocenters. The van der Waals surface area contributed by atoms with Gasteiger partial charge in [-0.1, -0.05) is 31.5 Å². The van der Waals surface area contributed by atoms with Gasteiger partial charge in [0.25, 0.3) is 5.69 Å². The Labute approximate surface area is 180 Å². The van der Waals surface area contributed by atoms with E-state index in [2.05, 4.69) is 12.2 Å². The van der Waals surface area contributed by atoms with E-state index in [0.717, 1.165) is 24.1 Å². The molecule has 3 atom stereocenters. The van der Waals surface area contributed by atoms with Gasteiger partial charge in [0.2, 0.25) is 0 Å². The van der Waals surface area contributed by atoms with Crippen LogP contribution in [0.1, 0.15) is 55.5 Å². The molecule has 31 heavy (non-hydrogen) atoms. The van der Waals surface area contributed by atoms with Gasteiger partial charge >= 0.3 is 5.97 Å². The molecule has 2 aromatic carbocycles. The van der Waals surface area contributed by atoms with Gasteiger partial charge in [-0.2, -0.15) is 0 Å². The van der Waals surface area contributed by atoms with Gasteiger partial charge in [0.05, 0.1) is 17.4 Å². The number of esters is 1. The van der Waals surface area contributed by atoms with Crippen molar-refractivity contribution >= 4 is 28.8 Å². The molecular formula is C24H26N2O5. The van der Waals surface area contributed by atoms with Crippen molar-refractivity contribution < 1.29 is 19.2 Å². The highest BCUT2D eigenvalue weighted by Gasteiger charge is 2.57. The van der Waals surface area contributed by atoms with Crippen molar-refractivity contribution in [3.8, 4) is 0 Å². The largest absolute Gasteiger partial charge is 0.469 e. The summed E-state index contributed by atoms with van der Waals surface area (Å²) in [5.41, 5.74) is 0.846. The van der Waals surface area contributed by atoms with E-state index in [9.17, 15) is 19.7 Å². The summed E-state index contributed by atoms with van der Waals surface area (Å²) in [6.45, 7) is 3.95. The lowest BCUT2D eigenvalue weighted by Crippen LogP contribution is -2.53. The van der Waals surface area contributed by atoms with Crippen molar-refractivity contribution in [3.63, 3.8) is 0 Å². The summed E-state index contributed by atoms with van der Waals surface area (Å²) in [5, 5.41) is 14.9. The molecule has 1 saturated carbocycles. The number of carbonyl (C=O) groups is 2. The Kier molecular flexibility index (Phi) is 5.07. The number of ketones is 1. The highest BCUT2D eigenvalue weighted by Crippen LogP contribution is 2.58. The fourth-order valence-corrected chi connectivity index (χ4v) is 5.64. The summed E-state index contributed by atoms with van der Waals surface area (Å²) >= 11 is 0. The molecule has 0 saturated heterocycles. The summed E-state index contributed by atoms with van der Waals surface area (Å²) in [6.07, 6.45) is 2.44. The van der Waals surface area contributed by atoms with Crippen molar-refractivity contribution in [1.82, 2.24) is 0 Å². The molecule has 0 amide bonds. The number of benzene rings is 2. The van der Waals surface area contributed by atoms with Crippen molar-refractivity contribution in [2.45, 2.75) is 44.9 Å². The molecule has 2 aromatic rings. The maximum atomic E-state index is 13.1. The minimum absolute atomic E-state index is 0.135. The summed E-state index contributed by atoms with van der Waals surface area (Å²) < 4.78 is 5.11. The van der Waals surface area contributed by atoms with Crippen molar-refractivity contribution in [2.24, 2.45) is 11.3 Å². The van der Waals surface area contributed by atoms with E-state index in [1.165, 1.54) is 13.2 Å². The summed E-state index contributed by atoms with van der Waals surface area (Å²) in [4.78, 5) is 37.2. The smallest absolute Gasteiger partial charge is 0.311 e. The first-order valence-corrected chi connectivity index (χ1v) is 10.5. The van der Waals surface area contributed by atoms with Gasteiger partial charge in [-0.05, 0) is 54.9 Å². The third kappa shape index (κ3) is 3.28. The Morgan fingerprint density at radius 3 is 2.55 bits per heavy atom. The normalized spacial score (nSPS) is 27.1. The van der Waals surface area contributed by atoms with E-state index >= 15 is 0 Å². The number of nitro groups is 1. The SMILES string of the molecule is COC(=O)[C@]1(C)CCC[C@]2(C)c3cc(Nc4ccccc4)c([N+](=O)[O-])cc3C(=O)C[C@@H]12. The molecule has 0 spiro atoms. The van der Waals surface area contributed by atoms with Crippen LogP contribution in [-0.2, 0) is 14.9 Å². The molecule has 4 rings (SSSR count). The number of hydrogen-bond acceptors (Lipinski definition) is 6. The zero-order valence-electron chi connectivity index (χ0n) is 17.9. The van der Waals surface area contributed by atoms with Gasteiger partial charge in [-0.3, -0.25) is 19.7 Å². The third-order valence-electron chi connectivity index (χ3n) is 7.27. The number of nitrogens with one attached hydrogen (secondary N) is 1. The summed E-state index contributed by atoms with van der Waals surface area (Å²) in [5.74, 6) is -0.694.